The summed E-state index contributed by atoms with van der Waals surface area (Å²) in [5, 5.41) is 3.42. The van der Waals surface area contributed by atoms with Crippen LogP contribution in [0.2, 0.25) is 5.02 Å². The van der Waals surface area contributed by atoms with Crippen LogP contribution in [0, 0.1) is 13.8 Å². The Morgan fingerprint density at radius 3 is 2.65 bits per heavy atom. The lowest BCUT2D eigenvalue weighted by Crippen LogP contribution is -2.13. The summed E-state index contributed by atoms with van der Waals surface area (Å²) in [7, 11) is 0. The van der Waals surface area contributed by atoms with Crippen LogP contribution >= 0.6 is 22.9 Å². The Labute approximate surface area is 143 Å². The third-order valence-corrected chi connectivity index (χ3v) is 4.77. The number of hydrogen-bond donors (Lipinski definition) is 1. The van der Waals surface area contributed by atoms with E-state index in [9.17, 15) is 4.79 Å². The Bertz CT molecular complexity index is 865. The Morgan fingerprint density at radius 1 is 1.30 bits per heavy atom. The molecule has 0 bridgehead atoms. The zero-order valence-corrected chi connectivity index (χ0v) is 14.4. The molecular weight excluding hydrogens is 330 g/mol. The number of aromatic nitrogens is 2. The Kier molecular flexibility index (Phi) is 4.24. The van der Waals surface area contributed by atoms with Crippen molar-refractivity contribution in [3.05, 3.63) is 57.1 Å². The molecule has 0 radical (unpaired) electrons. The molecule has 4 nitrogen and oxygen atoms in total. The molecule has 2 aromatic heterocycles. The topological polar surface area (TPSA) is 60.9 Å². The second-order valence-corrected chi connectivity index (χ2v) is 6.75. The summed E-state index contributed by atoms with van der Waals surface area (Å²) < 4.78 is 2.17. The number of rotatable bonds is 4. The van der Waals surface area contributed by atoms with Gasteiger partial charge in [-0.15, -0.1) is 11.3 Å². The fraction of sp³-hybridized carbons (Fsp3) is 0.176. The standard InChI is InChI=1S/C17H16ClN3OS/c1-10-7-14(15-9-23-17(20-15)8-16(19)22)11(2)21(10)13-5-3-12(18)4-6-13/h3-7,9H,8H2,1-2H3,(H2,19,22). The van der Waals surface area contributed by atoms with Gasteiger partial charge in [-0.1, -0.05) is 11.6 Å². The highest BCUT2D eigenvalue weighted by molar-refractivity contribution is 7.10. The normalized spacial score (nSPS) is 10.9. The zero-order chi connectivity index (χ0) is 16.6. The van der Waals surface area contributed by atoms with Crippen molar-refractivity contribution in [3.63, 3.8) is 0 Å². The van der Waals surface area contributed by atoms with E-state index in [1.54, 1.807) is 0 Å². The summed E-state index contributed by atoms with van der Waals surface area (Å²) in [6, 6.07) is 9.84. The maximum atomic E-state index is 11.0. The number of amides is 1. The molecule has 0 fully saturated rings. The molecule has 1 amide bonds. The third kappa shape index (κ3) is 3.16. The minimum atomic E-state index is -0.363. The molecular formula is C17H16ClN3OS. The fourth-order valence-corrected chi connectivity index (χ4v) is 3.60. The predicted molar refractivity (Wildman–Crippen MR) is 94.3 cm³/mol. The number of carbonyl (C=O) groups excluding carboxylic acids is 1. The van der Waals surface area contributed by atoms with Crippen molar-refractivity contribution in [3.8, 4) is 16.9 Å². The monoisotopic (exact) mass is 345 g/mol. The van der Waals surface area contributed by atoms with Gasteiger partial charge in [-0.3, -0.25) is 4.79 Å². The highest BCUT2D eigenvalue weighted by atomic mass is 35.5. The van der Waals surface area contributed by atoms with E-state index in [-0.39, 0.29) is 12.3 Å². The summed E-state index contributed by atoms with van der Waals surface area (Å²) in [5.41, 5.74) is 10.4. The number of benzene rings is 1. The van der Waals surface area contributed by atoms with E-state index in [1.807, 2.05) is 29.6 Å². The summed E-state index contributed by atoms with van der Waals surface area (Å²) in [4.78, 5) is 15.6. The number of halogens is 1. The molecule has 0 aliphatic rings. The molecule has 0 aliphatic carbocycles. The summed E-state index contributed by atoms with van der Waals surface area (Å²) in [5.74, 6) is -0.363. The van der Waals surface area contributed by atoms with Gasteiger partial charge in [0.2, 0.25) is 5.91 Å². The molecule has 23 heavy (non-hydrogen) atoms. The van der Waals surface area contributed by atoms with E-state index in [2.05, 4.69) is 29.5 Å². The second-order valence-electron chi connectivity index (χ2n) is 5.37. The van der Waals surface area contributed by atoms with Crippen molar-refractivity contribution in [2.24, 2.45) is 5.73 Å². The van der Waals surface area contributed by atoms with E-state index >= 15 is 0 Å². The van der Waals surface area contributed by atoms with Gasteiger partial charge >= 0.3 is 0 Å². The number of nitrogens with zero attached hydrogens (tertiary/aromatic N) is 2. The van der Waals surface area contributed by atoms with Crippen molar-refractivity contribution in [1.82, 2.24) is 9.55 Å². The van der Waals surface area contributed by atoms with Crippen molar-refractivity contribution in [2.45, 2.75) is 20.3 Å². The maximum absolute atomic E-state index is 11.0. The average molecular weight is 346 g/mol. The lowest BCUT2D eigenvalue weighted by Gasteiger charge is -2.09. The van der Waals surface area contributed by atoms with Crippen LogP contribution < -0.4 is 5.73 Å². The van der Waals surface area contributed by atoms with E-state index in [1.165, 1.54) is 11.3 Å². The van der Waals surface area contributed by atoms with Crippen LogP contribution in [0.4, 0.5) is 0 Å². The van der Waals surface area contributed by atoms with Gasteiger partial charge in [0, 0.05) is 33.0 Å². The summed E-state index contributed by atoms with van der Waals surface area (Å²) in [6.45, 7) is 4.12. The number of primary amides is 1. The van der Waals surface area contributed by atoms with Crippen LogP contribution in [0.15, 0.2) is 35.7 Å². The molecule has 0 aliphatic heterocycles. The smallest absolute Gasteiger partial charge is 0.224 e. The minimum absolute atomic E-state index is 0.181. The third-order valence-electron chi connectivity index (χ3n) is 3.67. The second kappa shape index (κ2) is 6.18. The fourth-order valence-electron chi connectivity index (χ4n) is 2.67. The first-order valence-corrected chi connectivity index (χ1v) is 8.39. The van der Waals surface area contributed by atoms with Crippen molar-refractivity contribution in [1.29, 1.82) is 0 Å². The van der Waals surface area contributed by atoms with Gasteiger partial charge in [-0.2, -0.15) is 0 Å². The number of thiazole rings is 1. The quantitative estimate of drug-likeness (QED) is 0.779. The van der Waals surface area contributed by atoms with Crippen LogP contribution in [0.1, 0.15) is 16.4 Å². The molecule has 0 saturated carbocycles. The van der Waals surface area contributed by atoms with Crippen molar-refractivity contribution in [2.75, 3.05) is 0 Å². The molecule has 3 aromatic rings. The van der Waals surface area contributed by atoms with Gasteiger partial charge in [-0.05, 0) is 44.2 Å². The average Bonchev–Trinajstić information content (AvgIpc) is 3.04. The van der Waals surface area contributed by atoms with Crippen molar-refractivity contribution >= 4 is 28.8 Å². The molecule has 0 spiro atoms. The van der Waals surface area contributed by atoms with Gasteiger partial charge in [0.25, 0.3) is 0 Å². The Hall–Kier alpha value is -2.11. The summed E-state index contributed by atoms with van der Waals surface area (Å²) >= 11 is 7.42. The first-order valence-electron chi connectivity index (χ1n) is 7.13. The molecule has 0 saturated heterocycles. The minimum Gasteiger partial charge on any atom is -0.369 e. The van der Waals surface area contributed by atoms with Crippen LogP contribution in [-0.4, -0.2) is 15.5 Å². The zero-order valence-electron chi connectivity index (χ0n) is 12.8. The van der Waals surface area contributed by atoms with Crippen LogP contribution in [0.25, 0.3) is 16.9 Å². The van der Waals surface area contributed by atoms with E-state index < -0.39 is 0 Å². The first kappa shape index (κ1) is 15.8. The van der Waals surface area contributed by atoms with Gasteiger partial charge in [-0.25, -0.2) is 4.98 Å². The van der Waals surface area contributed by atoms with Gasteiger partial charge in [0.15, 0.2) is 0 Å². The molecule has 6 heteroatoms. The summed E-state index contributed by atoms with van der Waals surface area (Å²) in [6.07, 6.45) is 0.181. The highest BCUT2D eigenvalue weighted by Gasteiger charge is 2.15. The SMILES string of the molecule is Cc1cc(-c2csc(CC(N)=O)n2)c(C)n1-c1ccc(Cl)cc1. The number of nitrogens with two attached hydrogens (primary N) is 1. The largest absolute Gasteiger partial charge is 0.369 e. The maximum Gasteiger partial charge on any atom is 0.224 e. The predicted octanol–water partition coefficient (Wildman–Crippen LogP) is 3.90. The number of aryl methyl sites for hydroxylation is 1. The van der Waals surface area contributed by atoms with Crippen LogP contribution in [0.5, 0.6) is 0 Å². The van der Waals surface area contributed by atoms with E-state index in [0.29, 0.717) is 5.02 Å². The molecule has 118 valence electrons. The van der Waals surface area contributed by atoms with E-state index in [4.69, 9.17) is 17.3 Å². The Balaban J connectivity index is 2.02. The van der Waals surface area contributed by atoms with Crippen LogP contribution in [0.3, 0.4) is 0 Å². The molecule has 0 unspecified atom stereocenters. The number of hydrogen-bond acceptors (Lipinski definition) is 3. The number of carbonyl (C=O) groups is 1. The lowest BCUT2D eigenvalue weighted by molar-refractivity contribution is -0.117. The molecule has 3 rings (SSSR count). The Morgan fingerprint density at radius 2 is 2.00 bits per heavy atom. The highest BCUT2D eigenvalue weighted by Crippen LogP contribution is 2.30. The molecule has 2 heterocycles. The van der Waals surface area contributed by atoms with Crippen molar-refractivity contribution < 1.29 is 4.79 Å². The van der Waals surface area contributed by atoms with Gasteiger partial charge in [0.1, 0.15) is 5.01 Å². The molecule has 2 N–H and O–H groups in total. The first-order chi connectivity index (χ1) is 11.0. The van der Waals surface area contributed by atoms with Gasteiger partial charge < -0.3 is 10.3 Å². The molecule has 0 atom stereocenters. The molecule has 1 aromatic carbocycles. The lowest BCUT2D eigenvalue weighted by atomic mass is 10.2. The van der Waals surface area contributed by atoms with Gasteiger partial charge in [0.05, 0.1) is 12.1 Å². The van der Waals surface area contributed by atoms with Crippen LogP contribution in [-0.2, 0) is 11.2 Å². The van der Waals surface area contributed by atoms with E-state index in [0.717, 1.165) is 33.3 Å².